The lowest BCUT2D eigenvalue weighted by Crippen LogP contribution is -2.30. The first kappa shape index (κ1) is 13.4. The molecule has 0 radical (unpaired) electrons. The van der Waals surface area contributed by atoms with Crippen molar-refractivity contribution in [2.45, 2.75) is 13.0 Å². The fraction of sp³-hybridized carbons (Fsp3) is 0.250. The molecule has 0 saturated heterocycles. The number of nitrogens with zero attached hydrogens (tertiary/aromatic N) is 1. The summed E-state index contributed by atoms with van der Waals surface area (Å²) < 4.78 is 0. The van der Waals surface area contributed by atoms with E-state index < -0.39 is 5.97 Å². The smallest absolute Gasteiger partial charge is 0.335 e. The van der Waals surface area contributed by atoms with Crippen LogP contribution in [0.4, 0.5) is 11.5 Å². The Bertz CT molecular complexity index is 658. The molecular formula is C16H17N3O2. The second kappa shape index (κ2) is 5.44. The molecule has 2 aromatic rings. The number of aromatic nitrogens is 1. The van der Waals surface area contributed by atoms with Crippen LogP contribution in [0.2, 0.25) is 0 Å². The van der Waals surface area contributed by atoms with Crippen LogP contribution in [0.1, 0.15) is 28.9 Å². The molecule has 0 amide bonds. The maximum atomic E-state index is 11.2. The number of hydrogen-bond acceptors (Lipinski definition) is 4. The molecule has 0 fully saturated rings. The first-order valence-corrected chi connectivity index (χ1v) is 6.94. The van der Waals surface area contributed by atoms with Crippen molar-refractivity contribution in [1.82, 2.24) is 4.98 Å². The lowest BCUT2D eigenvalue weighted by Gasteiger charge is -2.33. The second-order valence-corrected chi connectivity index (χ2v) is 5.30. The molecule has 3 rings (SSSR count). The third kappa shape index (κ3) is 2.67. The third-order valence-corrected chi connectivity index (χ3v) is 3.79. The monoisotopic (exact) mass is 283 g/mol. The largest absolute Gasteiger partial charge is 0.478 e. The standard InChI is InChI=1S/C16H17N3O2/c1-10-9-18-13-6-5-11(16(20)21)8-12(13)15(10)19-14-4-2-3-7-17-14/h2-8,10,15,18H,9H2,1H3,(H,17,19)(H,20,21). The molecule has 2 heterocycles. The van der Waals surface area contributed by atoms with Gasteiger partial charge < -0.3 is 15.7 Å². The Morgan fingerprint density at radius 3 is 2.95 bits per heavy atom. The van der Waals surface area contributed by atoms with Crippen LogP contribution in [0.3, 0.4) is 0 Å². The Hall–Kier alpha value is -2.56. The van der Waals surface area contributed by atoms with Gasteiger partial charge in [-0.25, -0.2) is 9.78 Å². The molecule has 3 N–H and O–H groups in total. The average Bonchev–Trinajstić information content (AvgIpc) is 2.50. The van der Waals surface area contributed by atoms with Crippen molar-refractivity contribution in [1.29, 1.82) is 0 Å². The first-order valence-electron chi connectivity index (χ1n) is 6.94. The molecule has 0 saturated carbocycles. The number of rotatable bonds is 3. The number of carboxylic acids is 1. The molecule has 1 aliphatic rings. The number of anilines is 2. The van der Waals surface area contributed by atoms with Gasteiger partial charge in [-0.3, -0.25) is 0 Å². The molecule has 1 aromatic carbocycles. The van der Waals surface area contributed by atoms with E-state index in [1.165, 1.54) is 0 Å². The van der Waals surface area contributed by atoms with Gasteiger partial charge >= 0.3 is 5.97 Å². The fourth-order valence-electron chi connectivity index (χ4n) is 2.64. The summed E-state index contributed by atoms with van der Waals surface area (Å²) >= 11 is 0. The molecule has 0 aliphatic carbocycles. The molecule has 21 heavy (non-hydrogen) atoms. The highest BCUT2D eigenvalue weighted by Crippen LogP contribution is 2.36. The fourth-order valence-corrected chi connectivity index (χ4v) is 2.64. The Labute approximate surface area is 123 Å². The summed E-state index contributed by atoms with van der Waals surface area (Å²) in [6, 6.07) is 10.9. The first-order chi connectivity index (χ1) is 10.1. The quantitative estimate of drug-likeness (QED) is 0.807. The Morgan fingerprint density at radius 1 is 1.38 bits per heavy atom. The average molecular weight is 283 g/mol. The molecule has 1 aliphatic heterocycles. The maximum Gasteiger partial charge on any atom is 0.335 e. The summed E-state index contributed by atoms with van der Waals surface area (Å²) in [5, 5.41) is 15.9. The second-order valence-electron chi connectivity index (χ2n) is 5.30. The summed E-state index contributed by atoms with van der Waals surface area (Å²) in [7, 11) is 0. The van der Waals surface area contributed by atoms with Gasteiger partial charge in [0.15, 0.2) is 0 Å². The van der Waals surface area contributed by atoms with E-state index in [1.807, 2.05) is 24.3 Å². The molecule has 5 heteroatoms. The van der Waals surface area contributed by atoms with Gasteiger partial charge in [0.25, 0.3) is 0 Å². The minimum absolute atomic E-state index is 0.0375. The normalized spacial score (nSPS) is 20.2. The Kier molecular flexibility index (Phi) is 3.48. The highest BCUT2D eigenvalue weighted by molar-refractivity contribution is 5.88. The van der Waals surface area contributed by atoms with Crippen molar-refractivity contribution in [2.24, 2.45) is 5.92 Å². The van der Waals surface area contributed by atoms with Crippen molar-refractivity contribution >= 4 is 17.5 Å². The van der Waals surface area contributed by atoms with Crippen LogP contribution in [-0.2, 0) is 0 Å². The lowest BCUT2D eigenvalue weighted by atomic mass is 9.88. The van der Waals surface area contributed by atoms with Crippen molar-refractivity contribution in [3.63, 3.8) is 0 Å². The summed E-state index contributed by atoms with van der Waals surface area (Å²) in [5.74, 6) is 0.207. The highest BCUT2D eigenvalue weighted by Gasteiger charge is 2.27. The molecule has 108 valence electrons. The summed E-state index contributed by atoms with van der Waals surface area (Å²) in [6.45, 7) is 2.97. The molecule has 1 aromatic heterocycles. The number of nitrogens with one attached hydrogen (secondary N) is 2. The van der Waals surface area contributed by atoms with Crippen LogP contribution in [0.5, 0.6) is 0 Å². The van der Waals surface area contributed by atoms with Gasteiger partial charge in [0.2, 0.25) is 0 Å². The zero-order valence-electron chi connectivity index (χ0n) is 11.7. The topological polar surface area (TPSA) is 74.2 Å². The van der Waals surface area contributed by atoms with E-state index in [2.05, 4.69) is 22.5 Å². The van der Waals surface area contributed by atoms with E-state index in [1.54, 1.807) is 18.3 Å². The van der Waals surface area contributed by atoms with Crippen LogP contribution >= 0.6 is 0 Å². The molecule has 0 bridgehead atoms. The Balaban J connectivity index is 1.97. The number of carboxylic acid groups (broad SMARTS) is 1. The van der Waals surface area contributed by atoms with E-state index in [0.717, 1.165) is 23.6 Å². The maximum absolute atomic E-state index is 11.2. The van der Waals surface area contributed by atoms with Gasteiger partial charge in [-0.15, -0.1) is 0 Å². The molecular weight excluding hydrogens is 266 g/mol. The number of benzene rings is 1. The van der Waals surface area contributed by atoms with Crippen LogP contribution in [-0.4, -0.2) is 22.6 Å². The van der Waals surface area contributed by atoms with Crippen LogP contribution < -0.4 is 10.6 Å². The zero-order valence-corrected chi connectivity index (χ0v) is 11.7. The van der Waals surface area contributed by atoms with Gasteiger partial charge in [-0.1, -0.05) is 13.0 Å². The predicted octanol–water partition coefficient (Wildman–Crippen LogP) is 2.99. The number of hydrogen-bond donors (Lipinski definition) is 3. The minimum Gasteiger partial charge on any atom is -0.478 e. The summed E-state index contributed by atoms with van der Waals surface area (Å²) in [5.41, 5.74) is 2.25. The van der Waals surface area contributed by atoms with E-state index in [9.17, 15) is 9.90 Å². The van der Waals surface area contributed by atoms with Crippen LogP contribution in [0.25, 0.3) is 0 Å². The number of aromatic carboxylic acids is 1. The van der Waals surface area contributed by atoms with E-state index >= 15 is 0 Å². The number of carbonyl (C=O) groups is 1. The number of pyridine rings is 1. The zero-order chi connectivity index (χ0) is 14.8. The van der Waals surface area contributed by atoms with Crippen molar-refractivity contribution < 1.29 is 9.90 Å². The molecule has 2 unspecified atom stereocenters. The predicted molar refractivity (Wildman–Crippen MR) is 81.7 cm³/mol. The van der Waals surface area contributed by atoms with Crippen molar-refractivity contribution in [2.75, 3.05) is 17.2 Å². The van der Waals surface area contributed by atoms with Crippen molar-refractivity contribution in [3.05, 3.63) is 53.7 Å². The lowest BCUT2D eigenvalue weighted by molar-refractivity contribution is 0.0696. The summed E-state index contributed by atoms with van der Waals surface area (Å²) in [4.78, 5) is 15.5. The van der Waals surface area contributed by atoms with E-state index in [0.29, 0.717) is 11.5 Å². The SMILES string of the molecule is CC1CNc2ccc(C(=O)O)cc2C1Nc1ccccn1. The minimum atomic E-state index is -0.910. The molecule has 0 spiro atoms. The number of fused-ring (bicyclic) bond motifs is 1. The summed E-state index contributed by atoms with van der Waals surface area (Å²) in [6.07, 6.45) is 1.74. The molecule has 2 atom stereocenters. The molecule has 5 nitrogen and oxygen atoms in total. The van der Waals surface area contributed by atoms with E-state index in [-0.39, 0.29) is 6.04 Å². The van der Waals surface area contributed by atoms with E-state index in [4.69, 9.17) is 0 Å². The van der Waals surface area contributed by atoms with Gasteiger partial charge in [0.1, 0.15) is 5.82 Å². The van der Waals surface area contributed by atoms with Crippen LogP contribution in [0.15, 0.2) is 42.6 Å². The van der Waals surface area contributed by atoms with Crippen molar-refractivity contribution in [3.8, 4) is 0 Å². The van der Waals surface area contributed by atoms with Gasteiger partial charge in [0.05, 0.1) is 11.6 Å². The third-order valence-electron chi connectivity index (χ3n) is 3.79. The Morgan fingerprint density at radius 2 is 2.24 bits per heavy atom. The van der Waals surface area contributed by atoms with Gasteiger partial charge in [-0.05, 0) is 41.8 Å². The van der Waals surface area contributed by atoms with Gasteiger partial charge in [0, 0.05) is 18.4 Å². The van der Waals surface area contributed by atoms with Crippen LogP contribution in [0, 0.1) is 5.92 Å². The highest BCUT2D eigenvalue weighted by atomic mass is 16.4. The van der Waals surface area contributed by atoms with Gasteiger partial charge in [-0.2, -0.15) is 0 Å².